The Balaban J connectivity index is 1.21. The van der Waals surface area contributed by atoms with Gasteiger partial charge in [0.2, 0.25) is 11.8 Å². The maximum Gasteiger partial charge on any atom is 0.230 e. The van der Waals surface area contributed by atoms with Crippen molar-refractivity contribution in [1.82, 2.24) is 15.4 Å². The molecule has 1 saturated heterocycles. The number of likely N-dealkylation sites (tertiary alicyclic amines) is 1. The van der Waals surface area contributed by atoms with Gasteiger partial charge in [-0.05, 0) is 75.4 Å². The Hall–Kier alpha value is -2.15. The highest BCUT2D eigenvalue weighted by Gasteiger charge is 2.69. The SMILES string of the molecule is CC(C)(C)c1cc(NC(=O)[C@H]2[C@H](C(=O)NCCCCN3CCCC3)[C@H]3C=C[C@@H]2C32CC2)no1. The summed E-state index contributed by atoms with van der Waals surface area (Å²) < 4.78 is 5.43. The molecule has 4 atom stereocenters. The number of carbonyl (C=O) groups excluding carboxylic acids is 2. The van der Waals surface area contributed by atoms with Crippen LogP contribution in [0.3, 0.4) is 0 Å². The lowest BCUT2D eigenvalue weighted by Gasteiger charge is -2.26. The zero-order valence-electron chi connectivity index (χ0n) is 20.2. The average Bonchev–Trinajstić information content (AvgIpc) is 3.11. The topological polar surface area (TPSA) is 87.5 Å². The minimum atomic E-state index is -0.345. The van der Waals surface area contributed by atoms with Gasteiger partial charge in [-0.1, -0.05) is 38.1 Å². The van der Waals surface area contributed by atoms with Gasteiger partial charge in [-0.2, -0.15) is 0 Å². The van der Waals surface area contributed by atoms with Gasteiger partial charge in [0.25, 0.3) is 0 Å². The predicted molar refractivity (Wildman–Crippen MR) is 127 cm³/mol. The van der Waals surface area contributed by atoms with E-state index in [4.69, 9.17) is 4.52 Å². The fourth-order valence-corrected chi connectivity index (χ4v) is 6.40. The van der Waals surface area contributed by atoms with Crippen molar-refractivity contribution in [2.45, 2.75) is 64.7 Å². The summed E-state index contributed by atoms with van der Waals surface area (Å²) in [6.07, 6.45) is 11.3. The zero-order valence-corrected chi connectivity index (χ0v) is 20.2. The number of hydrogen-bond acceptors (Lipinski definition) is 5. The minimum Gasteiger partial charge on any atom is -0.359 e. The highest BCUT2D eigenvalue weighted by Crippen LogP contribution is 2.72. The van der Waals surface area contributed by atoms with Crippen molar-refractivity contribution in [3.8, 4) is 0 Å². The van der Waals surface area contributed by atoms with E-state index in [0.29, 0.717) is 12.4 Å². The Morgan fingerprint density at radius 2 is 1.76 bits per heavy atom. The van der Waals surface area contributed by atoms with Gasteiger partial charge in [-0.3, -0.25) is 9.59 Å². The Morgan fingerprint density at radius 1 is 1.09 bits per heavy atom. The maximum absolute atomic E-state index is 13.4. The van der Waals surface area contributed by atoms with Crippen LogP contribution in [0.1, 0.15) is 65.1 Å². The van der Waals surface area contributed by atoms with Crippen LogP contribution in [0.5, 0.6) is 0 Å². The van der Waals surface area contributed by atoms with Crippen LogP contribution < -0.4 is 10.6 Å². The summed E-state index contributed by atoms with van der Waals surface area (Å²) in [6, 6.07) is 1.79. The molecule has 1 aromatic heterocycles. The average molecular weight is 455 g/mol. The molecule has 2 N–H and O–H groups in total. The molecule has 2 heterocycles. The van der Waals surface area contributed by atoms with Crippen LogP contribution >= 0.6 is 0 Å². The van der Waals surface area contributed by atoms with E-state index >= 15 is 0 Å². The van der Waals surface area contributed by atoms with E-state index in [0.717, 1.165) is 38.0 Å². The number of anilines is 1. The smallest absolute Gasteiger partial charge is 0.230 e. The summed E-state index contributed by atoms with van der Waals surface area (Å²) in [5, 5.41) is 10.2. The predicted octanol–water partition coefficient (Wildman–Crippen LogP) is 3.73. The fourth-order valence-electron chi connectivity index (χ4n) is 6.40. The number of hydrogen-bond donors (Lipinski definition) is 2. The van der Waals surface area contributed by atoms with Crippen LogP contribution in [0.25, 0.3) is 0 Å². The third kappa shape index (κ3) is 4.25. The van der Waals surface area contributed by atoms with Gasteiger partial charge < -0.3 is 20.1 Å². The van der Waals surface area contributed by atoms with Crippen molar-refractivity contribution < 1.29 is 14.1 Å². The second kappa shape index (κ2) is 8.57. The molecule has 5 rings (SSSR count). The first-order valence-electron chi connectivity index (χ1n) is 12.8. The molecule has 1 aliphatic heterocycles. The largest absolute Gasteiger partial charge is 0.359 e. The van der Waals surface area contributed by atoms with E-state index in [-0.39, 0.29) is 46.3 Å². The number of amides is 2. The minimum absolute atomic E-state index is 0.0370. The second-order valence-corrected chi connectivity index (χ2v) is 11.6. The fraction of sp³-hybridized carbons (Fsp3) is 0.731. The lowest BCUT2D eigenvalue weighted by Crippen LogP contribution is -2.42. The Labute approximate surface area is 196 Å². The van der Waals surface area contributed by atoms with Crippen molar-refractivity contribution in [2.24, 2.45) is 29.1 Å². The molecule has 0 unspecified atom stereocenters. The van der Waals surface area contributed by atoms with Gasteiger partial charge in [0.15, 0.2) is 5.82 Å². The van der Waals surface area contributed by atoms with E-state index in [9.17, 15) is 9.59 Å². The maximum atomic E-state index is 13.4. The number of rotatable bonds is 8. The number of nitrogens with one attached hydrogen (secondary N) is 2. The first kappa shape index (κ1) is 22.6. The monoisotopic (exact) mass is 454 g/mol. The summed E-state index contributed by atoms with van der Waals surface area (Å²) in [5.74, 6) is 0.760. The summed E-state index contributed by atoms with van der Waals surface area (Å²) in [4.78, 5) is 29.2. The molecule has 3 aliphatic carbocycles. The first-order chi connectivity index (χ1) is 15.8. The summed E-state index contributed by atoms with van der Waals surface area (Å²) in [6.45, 7) is 10.4. The highest BCUT2D eigenvalue weighted by atomic mass is 16.5. The number of aromatic nitrogens is 1. The third-order valence-corrected chi connectivity index (χ3v) is 8.35. The highest BCUT2D eigenvalue weighted by molar-refractivity contribution is 5.97. The molecular formula is C26H38N4O3. The molecule has 0 radical (unpaired) electrons. The number of carbonyl (C=O) groups is 2. The molecule has 180 valence electrons. The van der Waals surface area contributed by atoms with Gasteiger partial charge in [-0.25, -0.2) is 0 Å². The van der Waals surface area contributed by atoms with Crippen LogP contribution in [0.4, 0.5) is 5.82 Å². The molecule has 7 heteroatoms. The third-order valence-electron chi connectivity index (χ3n) is 8.35. The van der Waals surface area contributed by atoms with Crippen molar-refractivity contribution in [1.29, 1.82) is 0 Å². The molecule has 0 aromatic carbocycles. The van der Waals surface area contributed by atoms with Crippen LogP contribution in [0.15, 0.2) is 22.7 Å². The van der Waals surface area contributed by atoms with E-state index in [2.05, 4.69) is 32.8 Å². The number of unbranched alkanes of at least 4 members (excludes halogenated alkanes) is 1. The Kier molecular flexibility index (Phi) is 5.88. The molecule has 3 fully saturated rings. The van der Waals surface area contributed by atoms with Crippen molar-refractivity contribution >= 4 is 17.6 Å². The van der Waals surface area contributed by atoms with Crippen LogP contribution in [-0.4, -0.2) is 48.0 Å². The molecule has 7 nitrogen and oxygen atoms in total. The van der Waals surface area contributed by atoms with Gasteiger partial charge >= 0.3 is 0 Å². The molecule has 33 heavy (non-hydrogen) atoms. The molecule has 2 bridgehead atoms. The van der Waals surface area contributed by atoms with Crippen molar-refractivity contribution in [3.05, 3.63) is 24.0 Å². The summed E-state index contributed by atoms with van der Waals surface area (Å²) in [7, 11) is 0. The van der Waals surface area contributed by atoms with E-state index in [1.54, 1.807) is 6.07 Å². The standard InChI is InChI=1S/C26H38N4O3/c1-25(2,3)19-16-20(29-33-19)28-24(32)22-18-9-8-17(26(18)10-11-26)21(22)23(31)27-12-4-5-13-30-14-6-7-15-30/h8-9,16-18,21-22H,4-7,10-15H2,1-3H3,(H,27,31)(H,28,29,32)/t17-,18+,21-,22-/m1/s1. The number of allylic oxidation sites excluding steroid dienone is 2. The Morgan fingerprint density at radius 3 is 2.36 bits per heavy atom. The van der Waals surface area contributed by atoms with Gasteiger partial charge in [0, 0.05) is 18.0 Å². The molecule has 2 saturated carbocycles. The van der Waals surface area contributed by atoms with Crippen LogP contribution in [-0.2, 0) is 15.0 Å². The first-order valence-corrected chi connectivity index (χ1v) is 12.8. The van der Waals surface area contributed by atoms with Crippen LogP contribution in [0, 0.1) is 29.1 Å². The molecule has 4 aliphatic rings. The van der Waals surface area contributed by atoms with E-state index in [1.165, 1.54) is 25.9 Å². The van der Waals surface area contributed by atoms with Crippen molar-refractivity contribution in [2.75, 3.05) is 31.5 Å². The van der Waals surface area contributed by atoms with Crippen molar-refractivity contribution in [3.63, 3.8) is 0 Å². The molecule has 1 aromatic rings. The van der Waals surface area contributed by atoms with Gasteiger partial charge in [-0.15, -0.1) is 0 Å². The molecule has 2 amide bonds. The van der Waals surface area contributed by atoms with E-state index in [1.807, 2.05) is 20.8 Å². The molecular weight excluding hydrogens is 416 g/mol. The quantitative estimate of drug-likeness (QED) is 0.462. The lowest BCUT2D eigenvalue weighted by atomic mass is 9.81. The normalized spacial score (nSPS) is 29.7. The molecule has 1 spiro atoms. The zero-order chi connectivity index (χ0) is 23.2. The van der Waals surface area contributed by atoms with E-state index < -0.39 is 0 Å². The Bertz CT molecular complexity index is 920. The second-order valence-electron chi connectivity index (χ2n) is 11.6. The summed E-state index contributed by atoms with van der Waals surface area (Å²) >= 11 is 0. The van der Waals surface area contributed by atoms with Gasteiger partial charge in [0.05, 0.1) is 11.8 Å². The lowest BCUT2D eigenvalue weighted by molar-refractivity contribution is -0.132. The summed E-state index contributed by atoms with van der Waals surface area (Å²) in [5.41, 5.74) is -0.0550. The van der Waals surface area contributed by atoms with Gasteiger partial charge in [0.1, 0.15) is 5.76 Å². The van der Waals surface area contributed by atoms with Crippen LogP contribution in [0.2, 0.25) is 0 Å². The number of nitrogens with zero attached hydrogens (tertiary/aromatic N) is 2.